The molecule has 1 unspecified atom stereocenters. The minimum absolute atomic E-state index is 0.0503. The highest BCUT2D eigenvalue weighted by Crippen LogP contribution is 2.50. The third-order valence-electron chi connectivity index (χ3n) is 12.9. The van der Waals surface area contributed by atoms with E-state index in [0.717, 1.165) is 13.1 Å². The zero-order valence-electron chi connectivity index (χ0n) is 36.0. The molecule has 0 radical (unpaired) electrons. The first-order chi connectivity index (χ1) is 28.3. The molecule has 1 spiro atoms. The average Bonchev–Trinajstić information content (AvgIpc) is 3.52. The van der Waals surface area contributed by atoms with Crippen LogP contribution in [0, 0.1) is 30.6 Å². The molecule has 6 N–H and O–H groups in total. The number of aliphatic hydroxyl groups is 2. The highest BCUT2D eigenvalue weighted by molar-refractivity contribution is 6.21. The monoisotopic (exact) mass is 833 g/mol. The summed E-state index contributed by atoms with van der Waals surface area (Å²) in [4.78, 5) is 38.8. The lowest BCUT2D eigenvalue weighted by molar-refractivity contribution is -0.160. The molecule has 326 valence electrons. The van der Waals surface area contributed by atoms with Crippen molar-refractivity contribution in [1.82, 2.24) is 4.90 Å². The third-order valence-corrected chi connectivity index (χ3v) is 12.9. The molecule has 16 heteroatoms. The van der Waals surface area contributed by atoms with E-state index < -0.39 is 77.0 Å². The molecule has 4 bridgehead atoms. The predicted octanol–water partition coefficient (Wildman–Crippen LogP) is 3.76. The number of fused-ring (bicyclic) bond motifs is 1. The third kappa shape index (κ3) is 7.97. The number of ether oxygens (including phenoxy) is 4. The number of hydrogen-bond acceptors (Lipinski definition) is 15. The van der Waals surface area contributed by atoms with Gasteiger partial charge in [0.25, 0.3) is 11.7 Å². The van der Waals surface area contributed by atoms with Gasteiger partial charge in [0.15, 0.2) is 11.5 Å². The summed E-state index contributed by atoms with van der Waals surface area (Å²) >= 11 is 0. The maximum Gasteiger partial charge on any atom is 0.302 e. The molecule has 60 heavy (non-hydrogen) atoms. The summed E-state index contributed by atoms with van der Waals surface area (Å²) in [7, 11) is 3.51. The van der Waals surface area contributed by atoms with E-state index in [1.165, 1.54) is 27.2 Å². The minimum atomic E-state index is -1.81. The number of likely N-dealkylation sites (tertiary alicyclic amines) is 1. The summed E-state index contributed by atoms with van der Waals surface area (Å²) in [5.41, 5.74) is -0.108. The highest BCUT2D eigenvalue weighted by Gasteiger charge is 2.49. The number of nitrogens with one attached hydrogen (secondary N) is 1. The number of phenols is 2. The lowest BCUT2D eigenvalue weighted by Crippen LogP contribution is -2.50. The molecule has 2 aromatic rings. The fourth-order valence-corrected chi connectivity index (χ4v) is 8.93. The van der Waals surface area contributed by atoms with Crippen LogP contribution in [0.2, 0.25) is 0 Å². The first-order valence-corrected chi connectivity index (χ1v) is 20.5. The van der Waals surface area contributed by atoms with Gasteiger partial charge in [0, 0.05) is 74.2 Å². The van der Waals surface area contributed by atoms with E-state index in [1.54, 1.807) is 65.8 Å². The van der Waals surface area contributed by atoms with Crippen molar-refractivity contribution in [3.63, 3.8) is 0 Å². The number of nitrogens with zero attached hydrogens (tertiary/aromatic N) is 4. The first-order valence-electron chi connectivity index (χ1n) is 20.5. The molecular formula is C44H59N5O11. The van der Waals surface area contributed by atoms with Crippen molar-refractivity contribution in [2.75, 3.05) is 39.1 Å². The number of piperidine rings is 1. The normalized spacial score (nSPS) is 33.8. The maximum absolute atomic E-state index is 13.9. The second-order valence-corrected chi connectivity index (χ2v) is 17.1. The Morgan fingerprint density at radius 2 is 1.68 bits per heavy atom. The number of aliphatic hydroxyl groups excluding tert-OH is 2. The summed E-state index contributed by atoms with van der Waals surface area (Å²) in [6.07, 6.45) is 5.39. The van der Waals surface area contributed by atoms with E-state index in [-0.39, 0.29) is 67.6 Å². The van der Waals surface area contributed by atoms with Crippen molar-refractivity contribution in [1.29, 1.82) is 0 Å². The number of anilines is 1. The Bertz CT molecular complexity index is 2280. The van der Waals surface area contributed by atoms with Crippen LogP contribution in [-0.2, 0) is 23.8 Å². The molecule has 9 atom stereocenters. The Balaban J connectivity index is 1.59. The van der Waals surface area contributed by atoms with Gasteiger partial charge in [-0.1, -0.05) is 51.1 Å². The van der Waals surface area contributed by atoms with Gasteiger partial charge in [-0.15, -0.1) is 0 Å². The van der Waals surface area contributed by atoms with Gasteiger partial charge < -0.3 is 54.8 Å². The average molecular weight is 834 g/mol. The summed E-state index contributed by atoms with van der Waals surface area (Å²) in [5, 5.41) is 64.8. The van der Waals surface area contributed by atoms with Crippen LogP contribution in [0.15, 0.2) is 51.3 Å². The Kier molecular flexibility index (Phi) is 12.7. The zero-order valence-corrected chi connectivity index (χ0v) is 36.0. The number of amides is 1. The van der Waals surface area contributed by atoms with Gasteiger partial charge in [0.05, 0.1) is 53.0 Å². The maximum atomic E-state index is 13.9. The molecule has 0 aromatic heterocycles. The van der Waals surface area contributed by atoms with Crippen molar-refractivity contribution < 1.29 is 54.2 Å². The molecule has 6 rings (SSSR count). The number of hydrogen-bond donors (Lipinski definition) is 6. The van der Waals surface area contributed by atoms with Gasteiger partial charge in [0.2, 0.25) is 0 Å². The Morgan fingerprint density at radius 3 is 2.32 bits per heavy atom. The van der Waals surface area contributed by atoms with Gasteiger partial charge in [-0.05, 0) is 39.8 Å². The van der Waals surface area contributed by atoms with Gasteiger partial charge in [-0.3, -0.25) is 19.6 Å². The zero-order chi connectivity index (χ0) is 44.0. The number of benzene rings is 2. The molecule has 1 saturated heterocycles. The van der Waals surface area contributed by atoms with E-state index in [1.807, 2.05) is 7.05 Å². The van der Waals surface area contributed by atoms with E-state index in [9.17, 15) is 35.2 Å². The van der Waals surface area contributed by atoms with Crippen LogP contribution in [0.3, 0.4) is 0 Å². The second kappa shape index (κ2) is 17.1. The van der Waals surface area contributed by atoms with E-state index in [4.69, 9.17) is 28.9 Å². The van der Waals surface area contributed by atoms with Crippen LogP contribution >= 0.6 is 0 Å². The molecule has 1 amide bonds. The van der Waals surface area contributed by atoms with Gasteiger partial charge in [-0.25, -0.2) is 0 Å². The van der Waals surface area contributed by atoms with E-state index in [0.29, 0.717) is 12.8 Å². The van der Waals surface area contributed by atoms with E-state index >= 15 is 0 Å². The highest BCUT2D eigenvalue weighted by atomic mass is 16.7. The molecule has 16 nitrogen and oxygen atoms in total. The van der Waals surface area contributed by atoms with Crippen molar-refractivity contribution in [2.45, 2.75) is 104 Å². The van der Waals surface area contributed by atoms with Crippen LogP contribution in [-0.4, -0.2) is 118 Å². The lowest BCUT2D eigenvalue weighted by atomic mass is 9.78. The summed E-state index contributed by atoms with van der Waals surface area (Å²) < 4.78 is 24.3. The number of aromatic hydroxyl groups is 2. The lowest BCUT2D eigenvalue weighted by Gasteiger charge is -2.38. The van der Waals surface area contributed by atoms with Crippen molar-refractivity contribution in [3.05, 3.63) is 58.0 Å². The fraction of sp³-hybridized carbons (Fsp3) is 0.568. The van der Waals surface area contributed by atoms with Crippen LogP contribution in [0.5, 0.6) is 17.2 Å². The molecular weight excluding hydrogens is 775 g/mol. The molecule has 0 saturated carbocycles. The quantitative estimate of drug-likeness (QED) is 0.110. The molecule has 2 aromatic carbocycles. The molecule has 0 aliphatic carbocycles. The standard InChI is InChI=1S/C44H59N5O11/c1-21-12-11-13-22(2)42(55)46-34-33-32(47-44(20-45-33)15-17-49(9)18-16-44)29-30(38(34)54)37(53)26(6)40-31(29)41(48-56)43(8,60-40)58-19-14-28(57-10)23(3)39(59-27(7)50)25(5)36(52)24(4)35(21)51/h11-14,19,21,23-25,28,35-36,39,51-54,56H,15-18,20H2,1-10H3,(H,46,55)/b12-11-,19-14-,22-13+,48-41-/t21-,23?,24+,25+,28-,35-,36+,39-,43-/m0/s1. The summed E-state index contributed by atoms with van der Waals surface area (Å²) in [6.45, 7) is 14.8. The first kappa shape index (κ1) is 44.5. The number of rotatable bonds is 2. The summed E-state index contributed by atoms with van der Waals surface area (Å²) in [5.74, 6) is -6.00. The number of methoxy groups -OCH3 is 1. The van der Waals surface area contributed by atoms with Crippen LogP contribution in [0.25, 0.3) is 10.8 Å². The van der Waals surface area contributed by atoms with E-state index in [2.05, 4.69) is 15.4 Å². The number of esters is 1. The molecule has 4 heterocycles. The van der Waals surface area contributed by atoms with Crippen molar-refractivity contribution in [2.24, 2.45) is 38.8 Å². The molecule has 1 fully saturated rings. The SMILES string of the molecule is CO[C@H]1/C=C\O[C@@]2(C)Oc3c(C)c(O)c4c(O)c(c5c(c4c3/C2=N/O)=NC2(CCN(C)CC2)CN=5)NC(=O)/C(C)=C/C=C\[C@H](C)[C@H](O)[C@@H](C)[C@@H](O)[C@@H](C)[C@@H](OC(C)=O)C1C. The number of phenolic OH excluding ortho intramolecular Hbond substituents is 2. The second-order valence-electron chi connectivity index (χ2n) is 17.1. The predicted molar refractivity (Wildman–Crippen MR) is 223 cm³/mol. The largest absolute Gasteiger partial charge is 0.507 e. The fourth-order valence-electron chi connectivity index (χ4n) is 8.93. The number of oxime groups is 1. The number of allylic oxidation sites excluding steroid dienone is 2. The number of carbonyl (C=O) groups is 2. The van der Waals surface area contributed by atoms with Gasteiger partial charge in [0.1, 0.15) is 28.6 Å². The van der Waals surface area contributed by atoms with Gasteiger partial charge in [-0.2, -0.15) is 0 Å². The van der Waals surface area contributed by atoms with Crippen LogP contribution in [0.1, 0.15) is 72.4 Å². The minimum Gasteiger partial charge on any atom is -0.507 e. The summed E-state index contributed by atoms with van der Waals surface area (Å²) in [6, 6.07) is 0. The van der Waals surface area contributed by atoms with Crippen LogP contribution in [0.4, 0.5) is 5.69 Å². The van der Waals surface area contributed by atoms with Crippen molar-refractivity contribution in [3.8, 4) is 17.2 Å². The Morgan fingerprint density at radius 1 is 1.00 bits per heavy atom. The Hall–Kier alpha value is -5.03. The smallest absolute Gasteiger partial charge is 0.302 e. The topological polar surface area (TPSA) is 225 Å². The van der Waals surface area contributed by atoms with Gasteiger partial charge >= 0.3 is 5.97 Å². The van der Waals surface area contributed by atoms with Crippen LogP contribution < -0.4 is 20.8 Å². The molecule has 4 aliphatic rings. The molecule has 4 aliphatic heterocycles. The number of carbonyl (C=O) groups excluding carboxylic acids is 2. The Labute approximate surface area is 349 Å². The van der Waals surface area contributed by atoms with Crippen molar-refractivity contribution >= 4 is 34.0 Å².